The van der Waals surface area contributed by atoms with Gasteiger partial charge in [-0.05, 0) is 65.3 Å². The molecule has 0 saturated carbocycles. The van der Waals surface area contributed by atoms with Crippen molar-refractivity contribution in [3.8, 4) is 0 Å². The molecule has 0 aromatic heterocycles. The maximum Gasteiger partial charge on any atom is 0.126 e. The predicted molar refractivity (Wildman–Crippen MR) is 89.7 cm³/mol. The molecular formula is C20H29F. The topological polar surface area (TPSA) is 0 Å². The zero-order valence-electron chi connectivity index (χ0n) is 14.6. The molecule has 0 atom stereocenters. The molecule has 1 heteroatoms. The van der Waals surface area contributed by atoms with Crippen LogP contribution in [0.1, 0.15) is 65.5 Å². The number of allylic oxidation sites excluding steroid dienone is 2. The summed E-state index contributed by atoms with van der Waals surface area (Å²) in [6.45, 7) is 15.8. The first-order chi connectivity index (χ1) is 9.53. The van der Waals surface area contributed by atoms with E-state index < -0.39 is 0 Å². The summed E-state index contributed by atoms with van der Waals surface area (Å²) in [7, 11) is 0. The van der Waals surface area contributed by atoms with E-state index >= 15 is 0 Å². The lowest BCUT2D eigenvalue weighted by Gasteiger charge is -2.46. The maximum absolute atomic E-state index is 13.6. The average molecular weight is 288 g/mol. The van der Waals surface area contributed by atoms with Crippen LogP contribution in [0, 0.1) is 29.5 Å². The van der Waals surface area contributed by atoms with E-state index in [1.54, 1.807) is 11.6 Å². The first-order valence-electron chi connectivity index (χ1n) is 8.03. The van der Waals surface area contributed by atoms with Gasteiger partial charge in [-0.15, -0.1) is 0 Å². The molecule has 0 amide bonds. The van der Waals surface area contributed by atoms with E-state index in [1.807, 2.05) is 19.1 Å². The fourth-order valence-electron chi connectivity index (χ4n) is 4.56. The smallest absolute Gasteiger partial charge is 0.126 e. The Kier molecular flexibility index (Phi) is 4.08. The molecule has 0 heterocycles. The van der Waals surface area contributed by atoms with Gasteiger partial charge in [-0.3, -0.25) is 0 Å². The molecule has 0 spiro atoms. The summed E-state index contributed by atoms with van der Waals surface area (Å²) in [5.41, 5.74) is 5.43. The van der Waals surface area contributed by atoms with E-state index in [-0.39, 0.29) is 11.2 Å². The van der Waals surface area contributed by atoms with E-state index in [0.29, 0.717) is 11.3 Å². The van der Waals surface area contributed by atoms with Gasteiger partial charge in [0.25, 0.3) is 0 Å². The Hall–Kier alpha value is -1.11. The Morgan fingerprint density at radius 1 is 1.10 bits per heavy atom. The van der Waals surface area contributed by atoms with Gasteiger partial charge >= 0.3 is 0 Å². The molecule has 0 radical (unpaired) electrons. The number of aryl methyl sites for hydroxylation is 1. The largest absolute Gasteiger partial charge is 0.207 e. The summed E-state index contributed by atoms with van der Waals surface area (Å²) in [5.74, 6) is 0.413. The Morgan fingerprint density at radius 2 is 1.71 bits per heavy atom. The third kappa shape index (κ3) is 3.22. The number of hydrogen-bond acceptors (Lipinski definition) is 0. The molecule has 0 aliphatic heterocycles. The Labute approximate surface area is 129 Å². The van der Waals surface area contributed by atoms with E-state index in [0.717, 1.165) is 12.0 Å². The third-order valence-electron chi connectivity index (χ3n) is 4.71. The predicted octanol–water partition coefficient (Wildman–Crippen LogP) is 6.39. The summed E-state index contributed by atoms with van der Waals surface area (Å²) in [6.07, 6.45) is 2.28. The first-order valence-corrected chi connectivity index (χ1v) is 8.03. The third-order valence-corrected chi connectivity index (χ3v) is 4.71. The van der Waals surface area contributed by atoms with Crippen molar-refractivity contribution in [2.24, 2.45) is 16.7 Å². The lowest BCUT2D eigenvalue weighted by Crippen LogP contribution is -2.33. The Balaban J connectivity index is 2.66. The van der Waals surface area contributed by atoms with E-state index in [4.69, 9.17) is 0 Å². The standard InChI is InChI=1S/C20H29F/c1-13(2)18-16(11-19(4,5)12-20(18,6)7)15-8-9-17(21)14(3)10-15/h8-10,13H,11-12H2,1-7H3. The second kappa shape index (κ2) is 5.26. The van der Waals surface area contributed by atoms with E-state index in [9.17, 15) is 4.39 Å². The molecule has 1 aromatic rings. The molecule has 0 saturated heterocycles. The summed E-state index contributed by atoms with van der Waals surface area (Å²) in [5, 5.41) is 0. The SMILES string of the molecule is Cc1cc(C2=C(C(C)C)C(C)(C)CC(C)(C)C2)ccc1F. The molecule has 1 aliphatic carbocycles. The van der Waals surface area contributed by atoms with Gasteiger partial charge in [0.2, 0.25) is 0 Å². The van der Waals surface area contributed by atoms with Gasteiger partial charge in [-0.2, -0.15) is 0 Å². The van der Waals surface area contributed by atoms with Crippen LogP contribution >= 0.6 is 0 Å². The quantitative estimate of drug-likeness (QED) is 0.591. The van der Waals surface area contributed by atoms with Gasteiger partial charge in [0.1, 0.15) is 5.82 Å². The summed E-state index contributed by atoms with van der Waals surface area (Å²) < 4.78 is 13.6. The van der Waals surface area contributed by atoms with Gasteiger partial charge in [0, 0.05) is 0 Å². The molecule has 0 unspecified atom stereocenters. The molecule has 116 valence electrons. The number of halogens is 1. The van der Waals surface area contributed by atoms with Crippen LogP contribution in [0.4, 0.5) is 4.39 Å². The molecule has 0 bridgehead atoms. The van der Waals surface area contributed by atoms with Crippen LogP contribution in [0.3, 0.4) is 0 Å². The van der Waals surface area contributed by atoms with Crippen LogP contribution < -0.4 is 0 Å². The van der Waals surface area contributed by atoms with E-state index in [1.165, 1.54) is 17.6 Å². The van der Waals surface area contributed by atoms with Crippen molar-refractivity contribution in [3.05, 3.63) is 40.7 Å². The average Bonchev–Trinajstić information content (AvgIpc) is 2.28. The highest BCUT2D eigenvalue weighted by Crippen LogP contribution is 2.53. The maximum atomic E-state index is 13.6. The monoisotopic (exact) mass is 288 g/mol. The lowest BCUT2D eigenvalue weighted by molar-refractivity contribution is 0.203. The number of hydrogen-bond donors (Lipinski definition) is 0. The van der Waals surface area contributed by atoms with Crippen LogP contribution in [0.25, 0.3) is 5.57 Å². The van der Waals surface area contributed by atoms with Crippen molar-refractivity contribution in [1.29, 1.82) is 0 Å². The van der Waals surface area contributed by atoms with Crippen LogP contribution in [-0.4, -0.2) is 0 Å². The zero-order valence-corrected chi connectivity index (χ0v) is 14.6. The minimum atomic E-state index is -0.111. The van der Waals surface area contributed by atoms with Crippen molar-refractivity contribution in [3.63, 3.8) is 0 Å². The molecule has 1 aromatic carbocycles. The fraction of sp³-hybridized carbons (Fsp3) is 0.600. The molecule has 0 N–H and O–H groups in total. The van der Waals surface area contributed by atoms with Gasteiger partial charge in [-0.1, -0.05) is 53.2 Å². The van der Waals surface area contributed by atoms with Crippen LogP contribution in [0.2, 0.25) is 0 Å². The van der Waals surface area contributed by atoms with Crippen LogP contribution in [-0.2, 0) is 0 Å². The van der Waals surface area contributed by atoms with Crippen molar-refractivity contribution in [1.82, 2.24) is 0 Å². The van der Waals surface area contributed by atoms with Crippen molar-refractivity contribution in [2.45, 2.75) is 61.3 Å². The highest BCUT2D eigenvalue weighted by Gasteiger charge is 2.40. The minimum Gasteiger partial charge on any atom is -0.207 e. The molecular weight excluding hydrogens is 259 g/mol. The van der Waals surface area contributed by atoms with Crippen molar-refractivity contribution in [2.75, 3.05) is 0 Å². The van der Waals surface area contributed by atoms with Crippen molar-refractivity contribution >= 4 is 5.57 Å². The number of rotatable bonds is 2. The second-order valence-corrected chi connectivity index (χ2v) is 8.41. The summed E-state index contributed by atoms with van der Waals surface area (Å²) in [6, 6.07) is 5.59. The van der Waals surface area contributed by atoms with Gasteiger partial charge in [0.15, 0.2) is 0 Å². The van der Waals surface area contributed by atoms with E-state index in [2.05, 4.69) is 41.5 Å². The number of benzene rings is 1. The minimum absolute atomic E-state index is 0.111. The molecule has 21 heavy (non-hydrogen) atoms. The van der Waals surface area contributed by atoms with Gasteiger partial charge in [0.05, 0.1) is 0 Å². The summed E-state index contributed by atoms with van der Waals surface area (Å²) in [4.78, 5) is 0. The fourth-order valence-corrected chi connectivity index (χ4v) is 4.56. The van der Waals surface area contributed by atoms with Crippen molar-refractivity contribution < 1.29 is 4.39 Å². The second-order valence-electron chi connectivity index (χ2n) is 8.41. The summed E-state index contributed by atoms with van der Waals surface area (Å²) >= 11 is 0. The zero-order chi connectivity index (χ0) is 16.0. The highest BCUT2D eigenvalue weighted by molar-refractivity contribution is 5.72. The molecule has 0 fully saturated rings. The Morgan fingerprint density at radius 3 is 2.24 bits per heavy atom. The lowest BCUT2D eigenvalue weighted by atomic mass is 9.59. The molecule has 0 nitrogen and oxygen atoms in total. The molecule has 2 rings (SSSR count). The van der Waals surface area contributed by atoms with Crippen LogP contribution in [0.15, 0.2) is 23.8 Å². The van der Waals surface area contributed by atoms with Gasteiger partial charge < -0.3 is 0 Å². The Bertz CT molecular complexity index is 574. The van der Waals surface area contributed by atoms with Crippen LogP contribution in [0.5, 0.6) is 0 Å². The first kappa shape index (κ1) is 16.3. The molecule has 1 aliphatic rings. The highest BCUT2D eigenvalue weighted by atomic mass is 19.1. The normalized spacial score (nSPS) is 21.0. The van der Waals surface area contributed by atoms with Gasteiger partial charge in [-0.25, -0.2) is 4.39 Å².